The number of aromatic hydroxyl groups is 1. The quantitative estimate of drug-likeness (QED) is 0.576. The van der Waals surface area contributed by atoms with Gasteiger partial charge in [0.1, 0.15) is 23.8 Å². The Balaban J connectivity index is 1.65. The number of amides is 2. The molecule has 0 saturated carbocycles. The third kappa shape index (κ3) is 5.63. The van der Waals surface area contributed by atoms with Gasteiger partial charge in [-0.15, -0.1) is 0 Å². The van der Waals surface area contributed by atoms with E-state index < -0.39 is 28.8 Å². The molecule has 10 heteroatoms. The molecule has 0 saturated heterocycles. The second kappa shape index (κ2) is 11.5. The van der Waals surface area contributed by atoms with Crippen LogP contribution in [0.1, 0.15) is 77.8 Å². The fourth-order valence-electron chi connectivity index (χ4n) is 4.63. The van der Waals surface area contributed by atoms with E-state index in [1.54, 1.807) is 7.05 Å². The van der Waals surface area contributed by atoms with Crippen LogP contribution in [-0.2, 0) is 6.54 Å². The molecule has 0 atom stereocenters. The minimum Gasteiger partial charge on any atom is -0.502 e. The van der Waals surface area contributed by atoms with Crippen LogP contribution in [0.2, 0.25) is 0 Å². The van der Waals surface area contributed by atoms with Crippen LogP contribution in [0.15, 0.2) is 29.2 Å². The first kappa shape index (κ1) is 25.5. The molecule has 2 aliphatic heterocycles. The third-order valence-electron chi connectivity index (χ3n) is 6.68. The zero-order valence-corrected chi connectivity index (χ0v) is 20.6. The average Bonchev–Trinajstić information content (AvgIpc) is 2.85. The summed E-state index contributed by atoms with van der Waals surface area (Å²) in [7, 11) is 1.61. The summed E-state index contributed by atoms with van der Waals surface area (Å²) in [4.78, 5) is 40.0. The molecule has 0 aliphatic carbocycles. The van der Waals surface area contributed by atoms with Crippen molar-refractivity contribution >= 4 is 11.8 Å². The Morgan fingerprint density at radius 2 is 1.69 bits per heavy atom. The number of rotatable bonds is 0. The summed E-state index contributed by atoms with van der Waals surface area (Å²) in [6.45, 7) is 1.32. The molecule has 2 aromatic rings. The standard InChI is InChI=1S/C26H33FN4O5/c1-29-17-30-12-8-6-4-2-3-5-7-9-13-36-21-14-19(27)11-10-18(21)15-28-25(34)20-16-31(30)22(26(29)35)24(33)23(20)32/h10-11,14,16,33H,2-9,12-13,15,17H2,1H3,(H,28,34). The zero-order valence-electron chi connectivity index (χ0n) is 20.6. The van der Waals surface area contributed by atoms with Crippen molar-refractivity contribution in [3.8, 4) is 11.5 Å². The van der Waals surface area contributed by atoms with Crippen molar-refractivity contribution in [2.24, 2.45) is 0 Å². The van der Waals surface area contributed by atoms with Crippen molar-refractivity contribution in [3.05, 3.63) is 57.3 Å². The predicted molar refractivity (Wildman–Crippen MR) is 132 cm³/mol. The minimum absolute atomic E-state index is 0.00177. The van der Waals surface area contributed by atoms with Crippen molar-refractivity contribution < 1.29 is 23.8 Å². The lowest BCUT2D eigenvalue weighted by Gasteiger charge is -2.38. The van der Waals surface area contributed by atoms with E-state index in [0.29, 0.717) is 24.5 Å². The van der Waals surface area contributed by atoms with E-state index in [-0.39, 0.29) is 24.5 Å². The number of carbonyl (C=O) groups excluding carboxylic acids is 2. The van der Waals surface area contributed by atoms with Gasteiger partial charge in [-0.25, -0.2) is 4.39 Å². The number of benzene rings is 1. The Labute approximate surface area is 209 Å². The van der Waals surface area contributed by atoms with Crippen LogP contribution in [0.5, 0.6) is 11.5 Å². The molecule has 0 fully saturated rings. The second-order valence-electron chi connectivity index (χ2n) is 9.40. The number of hydrogen-bond acceptors (Lipinski definition) is 6. The molecule has 2 amide bonds. The molecule has 1 aromatic heterocycles. The lowest BCUT2D eigenvalue weighted by molar-refractivity contribution is 0.0730. The Kier molecular flexibility index (Phi) is 8.12. The largest absolute Gasteiger partial charge is 0.502 e. The number of halogens is 1. The van der Waals surface area contributed by atoms with Crippen molar-refractivity contribution in [1.29, 1.82) is 0 Å². The first-order valence-corrected chi connectivity index (χ1v) is 12.6. The van der Waals surface area contributed by atoms with Gasteiger partial charge in [-0.05, 0) is 18.9 Å². The maximum Gasteiger partial charge on any atom is 0.277 e. The van der Waals surface area contributed by atoms with E-state index in [1.165, 1.54) is 34.0 Å². The molecule has 9 nitrogen and oxygen atoms in total. The number of pyridine rings is 1. The average molecular weight is 501 g/mol. The molecule has 1 aromatic carbocycles. The van der Waals surface area contributed by atoms with Gasteiger partial charge in [0.05, 0.1) is 6.61 Å². The van der Waals surface area contributed by atoms with Crippen LogP contribution >= 0.6 is 0 Å². The highest BCUT2D eigenvalue weighted by atomic mass is 19.1. The van der Waals surface area contributed by atoms with Gasteiger partial charge >= 0.3 is 0 Å². The molecule has 3 heterocycles. The predicted octanol–water partition coefficient (Wildman–Crippen LogP) is 3.12. The van der Waals surface area contributed by atoms with Gasteiger partial charge in [-0.1, -0.05) is 44.6 Å². The number of ether oxygens (including phenoxy) is 1. The molecule has 36 heavy (non-hydrogen) atoms. The summed E-state index contributed by atoms with van der Waals surface area (Å²) >= 11 is 0. The summed E-state index contributed by atoms with van der Waals surface area (Å²) in [5.74, 6) is -2.05. The molecule has 2 N–H and O–H groups in total. The van der Waals surface area contributed by atoms with Gasteiger partial charge < -0.3 is 20.1 Å². The SMILES string of the molecule is CN1CN2CCCCCCCCCCOc3cc(F)ccc3CNC(=O)c3cn2c(c(O)c3=O)C1=O. The fraction of sp³-hybridized carbons (Fsp3) is 0.500. The second-order valence-corrected chi connectivity index (χ2v) is 9.40. The topological polar surface area (TPSA) is 104 Å². The van der Waals surface area contributed by atoms with Gasteiger partial charge in [0, 0.05) is 38.0 Å². The maximum atomic E-state index is 13.8. The van der Waals surface area contributed by atoms with Crippen molar-refractivity contribution in [2.45, 2.75) is 57.9 Å². The molecular formula is C26H33FN4O5. The van der Waals surface area contributed by atoms with Gasteiger partial charge in [0.15, 0.2) is 11.4 Å². The molecular weight excluding hydrogens is 467 g/mol. The highest BCUT2D eigenvalue weighted by Crippen LogP contribution is 2.23. The highest BCUT2D eigenvalue weighted by molar-refractivity contribution is 5.99. The summed E-state index contributed by atoms with van der Waals surface area (Å²) in [6, 6.07) is 4.10. The van der Waals surface area contributed by atoms with Gasteiger partial charge in [-0.2, -0.15) is 0 Å². The Morgan fingerprint density at radius 1 is 1.00 bits per heavy atom. The van der Waals surface area contributed by atoms with E-state index in [2.05, 4.69) is 5.32 Å². The van der Waals surface area contributed by atoms with Crippen molar-refractivity contribution in [3.63, 3.8) is 0 Å². The van der Waals surface area contributed by atoms with E-state index in [9.17, 15) is 23.9 Å². The molecule has 0 radical (unpaired) electrons. The normalized spacial score (nSPS) is 18.2. The third-order valence-corrected chi connectivity index (χ3v) is 6.68. The van der Waals surface area contributed by atoms with E-state index in [0.717, 1.165) is 51.4 Å². The zero-order chi connectivity index (χ0) is 25.7. The molecule has 194 valence electrons. The number of carbonyl (C=O) groups is 2. The highest BCUT2D eigenvalue weighted by Gasteiger charge is 2.32. The van der Waals surface area contributed by atoms with E-state index in [4.69, 9.17) is 4.74 Å². The Hall–Kier alpha value is -3.56. The van der Waals surface area contributed by atoms with Gasteiger partial charge in [-0.3, -0.25) is 24.1 Å². The summed E-state index contributed by atoms with van der Waals surface area (Å²) in [6.07, 6.45) is 9.54. The minimum atomic E-state index is -0.917. The van der Waals surface area contributed by atoms with Crippen LogP contribution in [0, 0.1) is 5.82 Å². The number of fused-ring (bicyclic) bond motifs is 2. The monoisotopic (exact) mass is 500 g/mol. The molecule has 0 spiro atoms. The van der Waals surface area contributed by atoms with Crippen LogP contribution in [-0.4, -0.2) is 53.4 Å². The number of nitrogens with zero attached hydrogens (tertiary/aromatic N) is 3. The van der Waals surface area contributed by atoms with E-state index in [1.807, 2.05) is 5.01 Å². The Bertz CT molecular complexity index is 1180. The van der Waals surface area contributed by atoms with Gasteiger partial charge in [0.2, 0.25) is 5.43 Å². The lowest BCUT2D eigenvalue weighted by atomic mass is 10.1. The number of nitrogens with one attached hydrogen (secondary N) is 1. The molecule has 4 rings (SSSR count). The van der Waals surface area contributed by atoms with Crippen LogP contribution in [0.4, 0.5) is 4.39 Å². The molecule has 0 unspecified atom stereocenters. The van der Waals surface area contributed by atoms with Crippen LogP contribution in [0.3, 0.4) is 0 Å². The Morgan fingerprint density at radius 3 is 2.44 bits per heavy atom. The summed E-state index contributed by atoms with van der Waals surface area (Å²) in [5.41, 5.74) is -0.779. The first-order valence-electron chi connectivity index (χ1n) is 12.6. The number of hydrogen-bond donors (Lipinski definition) is 2. The summed E-state index contributed by atoms with van der Waals surface area (Å²) in [5, 5.41) is 15.1. The van der Waals surface area contributed by atoms with Crippen molar-refractivity contribution in [1.82, 2.24) is 14.9 Å². The van der Waals surface area contributed by atoms with Crippen LogP contribution < -0.4 is 20.5 Å². The maximum absolute atomic E-state index is 13.8. The fourth-order valence-corrected chi connectivity index (χ4v) is 4.63. The summed E-state index contributed by atoms with van der Waals surface area (Å²) < 4.78 is 21.1. The van der Waals surface area contributed by atoms with E-state index >= 15 is 0 Å². The first-order chi connectivity index (χ1) is 17.4. The van der Waals surface area contributed by atoms with Crippen LogP contribution in [0.25, 0.3) is 0 Å². The lowest BCUT2D eigenvalue weighted by Crippen LogP contribution is -2.53. The molecule has 2 bridgehead atoms. The smallest absolute Gasteiger partial charge is 0.277 e. The molecule has 2 aliphatic rings. The van der Waals surface area contributed by atoms with Gasteiger partial charge in [0.25, 0.3) is 11.8 Å². The number of aromatic nitrogens is 1. The van der Waals surface area contributed by atoms with Crippen molar-refractivity contribution in [2.75, 3.05) is 31.9 Å².